The summed E-state index contributed by atoms with van der Waals surface area (Å²) in [6.45, 7) is 2.75. The van der Waals surface area contributed by atoms with Crippen molar-refractivity contribution in [2.24, 2.45) is 0 Å². The van der Waals surface area contributed by atoms with E-state index < -0.39 is 0 Å². The van der Waals surface area contributed by atoms with Gasteiger partial charge in [0.15, 0.2) is 5.75 Å². The van der Waals surface area contributed by atoms with Gasteiger partial charge in [-0.25, -0.2) is 0 Å². The molecule has 0 aliphatic rings. The Bertz CT molecular complexity index is 436. The first-order valence-electron chi connectivity index (χ1n) is 5.31. The smallest absolute Gasteiger partial charge is 0.232 e. The first kappa shape index (κ1) is 9.97. The van der Waals surface area contributed by atoms with Crippen LogP contribution in [0.25, 0.3) is 11.1 Å². The van der Waals surface area contributed by atoms with Gasteiger partial charge in [-0.05, 0) is 12.0 Å². The molecule has 0 saturated carbocycles. The van der Waals surface area contributed by atoms with Gasteiger partial charge in [-0.15, -0.1) is 0 Å². The first-order chi connectivity index (χ1) is 7.34. The fraction of sp³-hybridized carbons (Fsp3) is 0.308. The lowest BCUT2D eigenvalue weighted by Gasteiger charge is -1.97. The molecular weight excluding hydrogens is 188 g/mol. The number of unbranched alkanes of at least 4 members (excludes halogenated alkanes) is 1. The van der Waals surface area contributed by atoms with Gasteiger partial charge < -0.3 is 4.74 Å². The second kappa shape index (κ2) is 4.30. The summed E-state index contributed by atoms with van der Waals surface area (Å²) < 4.78 is 5.40. The van der Waals surface area contributed by atoms with Crippen LogP contribution >= 0.6 is 0 Å². The molecule has 0 unspecified atom stereocenters. The average molecular weight is 202 g/mol. The van der Waals surface area contributed by atoms with E-state index in [4.69, 9.17) is 4.74 Å². The Balaban J connectivity index is 2.03. The zero-order valence-electron chi connectivity index (χ0n) is 8.82. The number of benzene rings is 1. The molecule has 2 aromatic rings. The van der Waals surface area contributed by atoms with Gasteiger partial charge in [-0.1, -0.05) is 43.7 Å². The molecule has 0 amide bonds. The standard InChI is InChI=1S/C13H14O2/c1-2-3-9-15-13-11(12(13)14)10-7-5-4-6-8-10/h4-8H,2-3,9H2,1H3. The topological polar surface area (TPSA) is 26.3 Å². The second-order valence-electron chi connectivity index (χ2n) is 3.60. The minimum atomic E-state index is 0.0669. The van der Waals surface area contributed by atoms with Crippen LogP contribution in [-0.2, 0) is 0 Å². The Morgan fingerprint density at radius 1 is 1.20 bits per heavy atom. The van der Waals surface area contributed by atoms with Crippen LogP contribution in [0.4, 0.5) is 0 Å². The molecule has 0 bridgehead atoms. The van der Waals surface area contributed by atoms with Crippen molar-refractivity contribution in [2.45, 2.75) is 19.8 Å². The Morgan fingerprint density at radius 3 is 2.60 bits per heavy atom. The van der Waals surface area contributed by atoms with Crippen LogP contribution in [-0.4, -0.2) is 6.61 Å². The highest BCUT2D eigenvalue weighted by atomic mass is 16.5. The van der Waals surface area contributed by atoms with E-state index >= 15 is 0 Å². The molecule has 0 aromatic heterocycles. The van der Waals surface area contributed by atoms with Crippen molar-refractivity contribution in [1.82, 2.24) is 0 Å². The van der Waals surface area contributed by atoms with Crippen molar-refractivity contribution in [3.8, 4) is 16.9 Å². The Hall–Kier alpha value is -1.57. The molecule has 0 fully saturated rings. The van der Waals surface area contributed by atoms with Gasteiger partial charge in [0.25, 0.3) is 0 Å². The van der Waals surface area contributed by atoms with Crippen LogP contribution in [0.3, 0.4) is 0 Å². The van der Waals surface area contributed by atoms with Crippen LogP contribution in [0.15, 0.2) is 35.1 Å². The molecule has 0 heterocycles. The van der Waals surface area contributed by atoms with E-state index in [0.717, 1.165) is 24.0 Å². The summed E-state index contributed by atoms with van der Waals surface area (Å²) in [4.78, 5) is 11.4. The van der Waals surface area contributed by atoms with Gasteiger partial charge in [0.1, 0.15) is 0 Å². The van der Waals surface area contributed by atoms with Crippen molar-refractivity contribution in [1.29, 1.82) is 0 Å². The Labute approximate surface area is 89.2 Å². The summed E-state index contributed by atoms with van der Waals surface area (Å²) in [5.41, 5.74) is 1.79. The van der Waals surface area contributed by atoms with Crippen molar-refractivity contribution in [3.05, 3.63) is 40.6 Å². The molecule has 15 heavy (non-hydrogen) atoms. The molecule has 2 nitrogen and oxygen atoms in total. The van der Waals surface area contributed by atoms with Gasteiger partial charge in [-0.3, -0.25) is 4.79 Å². The summed E-state index contributed by atoms with van der Waals surface area (Å²) in [6.07, 6.45) is 2.08. The highest BCUT2D eigenvalue weighted by molar-refractivity contribution is 5.80. The van der Waals surface area contributed by atoms with Crippen molar-refractivity contribution in [2.75, 3.05) is 6.61 Å². The van der Waals surface area contributed by atoms with Crippen molar-refractivity contribution in [3.63, 3.8) is 0 Å². The molecule has 2 heteroatoms. The maximum absolute atomic E-state index is 11.4. The molecule has 0 saturated heterocycles. The van der Waals surface area contributed by atoms with E-state index in [0.29, 0.717) is 12.4 Å². The maximum Gasteiger partial charge on any atom is 0.232 e. The van der Waals surface area contributed by atoms with E-state index in [9.17, 15) is 4.79 Å². The van der Waals surface area contributed by atoms with Gasteiger partial charge in [0, 0.05) is 0 Å². The van der Waals surface area contributed by atoms with Crippen LogP contribution in [0, 0.1) is 0 Å². The van der Waals surface area contributed by atoms with Gasteiger partial charge in [-0.2, -0.15) is 0 Å². The molecule has 0 aliphatic carbocycles. The molecule has 0 N–H and O–H groups in total. The van der Waals surface area contributed by atoms with Gasteiger partial charge >= 0.3 is 0 Å². The molecular formula is C13H14O2. The Kier molecular flexibility index (Phi) is 2.86. The number of hydrogen-bond acceptors (Lipinski definition) is 2. The summed E-state index contributed by atoms with van der Waals surface area (Å²) in [6, 6.07) is 9.66. The molecule has 0 aliphatic heterocycles. The second-order valence-corrected chi connectivity index (χ2v) is 3.60. The SMILES string of the molecule is CCCCOc1c(-c2ccccc2)c1=O. The largest absolute Gasteiger partial charge is 0.489 e. The highest BCUT2D eigenvalue weighted by Gasteiger charge is 2.25. The normalized spacial score (nSPS) is 10.7. The van der Waals surface area contributed by atoms with E-state index in [1.165, 1.54) is 0 Å². The minimum absolute atomic E-state index is 0.0669. The lowest BCUT2D eigenvalue weighted by atomic mass is 10.2. The predicted molar refractivity (Wildman–Crippen MR) is 60.9 cm³/mol. The fourth-order valence-electron chi connectivity index (χ4n) is 1.48. The maximum atomic E-state index is 11.4. The number of hydrogen-bond donors (Lipinski definition) is 0. The van der Waals surface area contributed by atoms with Crippen LogP contribution in [0.5, 0.6) is 5.75 Å². The molecule has 0 radical (unpaired) electrons. The van der Waals surface area contributed by atoms with Crippen LogP contribution in [0.2, 0.25) is 0 Å². The lowest BCUT2D eigenvalue weighted by molar-refractivity contribution is 0.317. The van der Waals surface area contributed by atoms with Crippen LogP contribution in [0.1, 0.15) is 19.8 Å². The average Bonchev–Trinajstić information content (AvgIpc) is 2.91. The lowest BCUT2D eigenvalue weighted by Crippen LogP contribution is -1.94. The minimum Gasteiger partial charge on any atom is -0.489 e. The molecule has 2 aromatic carbocycles. The van der Waals surface area contributed by atoms with E-state index in [2.05, 4.69) is 6.92 Å². The summed E-state index contributed by atoms with van der Waals surface area (Å²) in [5, 5.41) is 0. The molecule has 0 atom stereocenters. The molecule has 0 spiro atoms. The summed E-state index contributed by atoms with van der Waals surface area (Å²) in [5.74, 6) is 0.564. The number of ether oxygens (including phenoxy) is 1. The van der Waals surface area contributed by atoms with E-state index in [-0.39, 0.29) is 5.43 Å². The van der Waals surface area contributed by atoms with Gasteiger partial charge in [0.05, 0.1) is 12.2 Å². The third-order valence-corrected chi connectivity index (χ3v) is 2.40. The third-order valence-electron chi connectivity index (χ3n) is 2.40. The fourth-order valence-corrected chi connectivity index (χ4v) is 1.48. The van der Waals surface area contributed by atoms with Gasteiger partial charge in [0.2, 0.25) is 5.43 Å². The molecule has 2 rings (SSSR count). The summed E-state index contributed by atoms with van der Waals surface area (Å²) >= 11 is 0. The first-order valence-corrected chi connectivity index (χ1v) is 5.31. The molecule has 78 valence electrons. The van der Waals surface area contributed by atoms with Crippen molar-refractivity contribution >= 4 is 0 Å². The quantitative estimate of drug-likeness (QED) is 0.697. The highest BCUT2D eigenvalue weighted by Crippen LogP contribution is 2.32. The van der Waals surface area contributed by atoms with E-state index in [1.54, 1.807) is 0 Å². The van der Waals surface area contributed by atoms with Crippen LogP contribution < -0.4 is 10.2 Å². The monoisotopic (exact) mass is 202 g/mol. The van der Waals surface area contributed by atoms with E-state index in [1.807, 2.05) is 30.3 Å². The summed E-state index contributed by atoms with van der Waals surface area (Å²) in [7, 11) is 0. The zero-order chi connectivity index (χ0) is 10.7. The third kappa shape index (κ3) is 2.09. The Morgan fingerprint density at radius 2 is 1.93 bits per heavy atom. The zero-order valence-corrected chi connectivity index (χ0v) is 8.82. The number of rotatable bonds is 5. The predicted octanol–water partition coefficient (Wildman–Crippen LogP) is 2.77. The van der Waals surface area contributed by atoms with Crippen molar-refractivity contribution < 1.29 is 4.74 Å².